The van der Waals surface area contributed by atoms with E-state index in [1.807, 2.05) is 0 Å². The van der Waals surface area contributed by atoms with E-state index in [1.165, 1.54) is 25.7 Å². The lowest BCUT2D eigenvalue weighted by Crippen LogP contribution is -2.54. The van der Waals surface area contributed by atoms with Crippen LogP contribution in [0.2, 0.25) is 0 Å². The largest absolute Gasteiger partial charge is 0.396 e. The SMILES string of the molecule is C[C@]12CCC(O)CC1CC[C@@H]1[C@H]2CC[C@]2(C)C(O)C(CO)C[C@@H]12. The molecule has 0 aromatic heterocycles. The molecular formula is C20H34O3. The van der Waals surface area contributed by atoms with Crippen LogP contribution in [0.15, 0.2) is 0 Å². The van der Waals surface area contributed by atoms with Crippen LogP contribution < -0.4 is 0 Å². The van der Waals surface area contributed by atoms with Crippen LogP contribution in [0.3, 0.4) is 0 Å². The van der Waals surface area contributed by atoms with Crippen molar-refractivity contribution in [2.24, 2.45) is 40.4 Å². The number of aliphatic hydroxyl groups is 3. The van der Waals surface area contributed by atoms with Crippen molar-refractivity contribution in [3.05, 3.63) is 0 Å². The fourth-order valence-electron chi connectivity index (χ4n) is 7.56. The van der Waals surface area contributed by atoms with E-state index in [4.69, 9.17) is 0 Å². The van der Waals surface area contributed by atoms with E-state index in [9.17, 15) is 15.3 Å². The third-order valence-electron chi connectivity index (χ3n) is 8.99. The quantitative estimate of drug-likeness (QED) is 0.695. The monoisotopic (exact) mass is 322 g/mol. The summed E-state index contributed by atoms with van der Waals surface area (Å²) >= 11 is 0. The van der Waals surface area contributed by atoms with Gasteiger partial charge in [-0.1, -0.05) is 13.8 Å². The van der Waals surface area contributed by atoms with Gasteiger partial charge in [-0.2, -0.15) is 0 Å². The minimum absolute atomic E-state index is 0.0198. The normalized spacial score (nSPS) is 59.1. The molecule has 0 saturated heterocycles. The molecule has 3 heteroatoms. The van der Waals surface area contributed by atoms with Gasteiger partial charge in [0, 0.05) is 12.5 Å². The van der Waals surface area contributed by atoms with Crippen molar-refractivity contribution in [1.29, 1.82) is 0 Å². The van der Waals surface area contributed by atoms with Crippen LogP contribution >= 0.6 is 0 Å². The molecule has 3 N–H and O–H groups in total. The summed E-state index contributed by atoms with van der Waals surface area (Å²) in [5.74, 6) is 2.84. The second-order valence-corrected chi connectivity index (χ2v) is 9.75. The van der Waals surface area contributed by atoms with Gasteiger partial charge in [-0.3, -0.25) is 0 Å². The summed E-state index contributed by atoms with van der Waals surface area (Å²) in [4.78, 5) is 0. The molecule has 4 saturated carbocycles. The van der Waals surface area contributed by atoms with E-state index >= 15 is 0 Å². The molecule has 0 amide bonds. The van der Waals surface area contributed by atoms with Crippen LogP contribution in [0.4, 0.5) is 0 Å². The third-order valence-corrected chi connectivity index (χ3v) is 8.99. The molecule has 4 rings (SSSR count). The minimum atomic E-state index is -0.322. The second-order valence-electron chi connectivity index (χ2n) is 9.75. The van der Waals surface area contributed by atoms with Crippen molar-refractivity contribution < 1.29 is 15.3 Å². The molecule has 4 unspecified atom stereocenters. The summed E-state index contributed by atoms with van der Waals surface area (Å²) in [6, 6.07) is 0. The molecule has 0 radical (unpaired) electrons. The van der Waals surface area contributed by atoms with E-state index in [1.54, 1.807) is 0 Å². The Hall–Kier alpha value is -0.120. The third kappa shape index (κ3) is 2.19. The zero-order valence-corrected chi connectivity index (χ0v) is 14.7. The first-order valence-corrected chi connectivity index (χ1v) is 9.87. The first-order chi connectivity index (χ1) is 10.9. The molecule has 0 spiro atoms. The molecule has 3 nitrogen and oxygen atoms in total. The van der Waals surface area contributed by atoms with Gasteiger partial charge >= 0.3 is 0 Å². The van der Waals surface area contributed by atoms with Gasteiger partial charge in [0.05, 0.1) is 12.2 Å². The Morgan fingerprint density at radius 3 is 2.35 bits per heavy atom. The highest BCUT2D eigenvalue weighted by atomic mass is 16.3. The Labute approximate surface area is 140 Å². The number of rotatable bonds is 1. The standard InChI is InChI=1S/C20H34O3/c1-19-7-5-14(22)10-13(19)3-4-15-16(19)6-8-20(2)17(15)9-12(11-21)18(20)23/h12-18,21-23H,3-11H2,1-2H3/t12?,13?,14?,15-,16-,17+,18?,19+,20+/m1/s1. The highest BCUT2D eigenvalue weighted by Crippen LogP contribution is 2.66. The summed E-state index contributed by atoms with van der Waals surface area (Å²) in [5.41, 5.74) is 0.414. The first kappa shape index (κ1) is 16.4. The molecule has 9 atom stereocenters. The Balaban J connectivity index is 1.62. The molecule has 4 aliphatic carbocycles. The van der Waals surface area contributed by atoms with Gasteiger partial charge in [-0.05, 0) is 85.9 Å². The van der Waals surface area contributed by atoms with Crippen molar-refractivity contribution >= 4 is 0 Å². The Bertz CT molecular complexity index is 466. The summed E-state index contributed by atoms with van der Waals surface area (Å²) in [5, 5.41) is 30.5. The van der Waals surface area contributed by atoms with E-state index in [0.717, 1.165) is 37.5 Å². The van der Waals surface area contributed by atoms with Crippen molar-refractivity contribution in [3.63, 3.8) is 0 Å². The molecule has 23 heavy (non-hydrogen) atoms. The molecule has 0 heterocycles. The molecule has 4 aliphatic rings. The van der Waals surface area contributed by atoms with Gasteiger partial charge in [-0.15, -0.1) is 0 Å². The Morgan fingerprint density at radius 1 is 0.870 bits per heavy atom. The molecular weight excluding hydrogens is 288 g/mol. The predicted molar refractivity (Wildman–Crippen MR) is 89.7 cm³/mol. The van der Waals surface area contributed by atoms with E-state index in [2.05, 4.69) is 13.8 Å². The summed E-state index contributed by atoms with van der Waals surface area (Å²) in [6.45, 7) is 4.92. The number of hydrogen-bond acceptors (Lipinski definition) is 3. The molecule has 4 fully saturated rings. The van der Waals surface area contributed by atoms with Crippen LogP contribution in [-0.4, -0.2) is 34.1 Å². The van der Waals surface area contributed by atoms with Crippen molar-refractivity contribution in [2.75, 3.05) is 6.61 Å². The zero-order valence-electron chi connectivity index (χ0n) is 14.7. The van der Waals surface area contributed by atoms with E-state index < -0.39 is 0 Å². The van der Waals surface area contributed by atoms with Crippen molar-refractivity contribution in [2.45, 2.75) is 77.4 Å². The molecule has 0 aliphatic heterocycles. The molecule has 0 aromatic carbocycles. The topological polar surface area (TPSA) is 60.7 Å². The second kappa shape index (κ2) is 5.44. The minimum Gasteiger partial charge on any atom is -0.396 e. The first-order valence-electron chi connectivity index (χ1n) is 9.87. The lowest BCUT2D eigenvalue weighted by atomic mass is 9.45. The van der Waals surface area contributed by atoms with E-state index in [-0.39, 0.29) is 30.1 Å². The fraction of sp³-hybridized carbons (Fsp3) is 1.00. The van der Waals surface area contributed by atoms with Crippen LogP contribution in [0.25, 0.3) is 0 Å². The van der Waals surface area contributed by atoms with Crippen LogP contribution in [0, 0.1) is 40.4 Å². The Morgan fingerprint density at radius 2 is 1.61 bits per heavy atom. The maximum absolute atomic E-state index is 10.8. The summed E-state index contributed by atoms with van der Waals surface area (Å²) in [7, 11) is 0. The smallest absolute Gasteiger partial charge is 0.0646 e. The lowest BCUT2D eigenvalue weighted by Gasteiger charge is -2.60. The molecule has 0 aromatic rings. The highest BCUT2D eigenvalue weighted by Gasteiger charge is 2.61. The number of aliphatic hydroxyl groups excluding tert-OH is 3. The van der Waals surface area contributed by atoms with Gasteiger partial charge in [0.1, 0.15) is 0 Å². The zero-order chi connectivity index (χ0) is 16.4. The van der Waals surface area contributed by atoms with Crippen LogP contribution in [-0.2, 0) is 0 Å². The van der Waals surface area contributed by atoms with E-state index in [0.29, 0.717) is 17.3 Å². The van der Waals surface area contributed by atoms with Gasteiger partial charge in [0.25, 0.3) is 0 Å². The maximum Gasteiger partial charge on any atom is 0.0646 e. The highest BCUT2D eigenvalue weighted by molar-refractivity contribution is 5.11. The average molecular weight is 322 g/mol. The number of fused-ring (bicyclic) bond motifs is 5. The van der Waals surface area contributed by atoms with Crippen LogP contribution in [0.5, 0.6) is 0 Å². The van der Waals surface area contributed by atoms with Crippen LogP contribution in [0.1, 0.15) is 65.2 Å². The Kier molecular flexibility index (Phi) is 3.87. The summed E-state index contributed by atoms with van der Waals surface area (Å²) in [6.07, 6.45) is 8.63. The van der Waals surface area contributed by atoms with Gasteiger partial charge in [0.2, 0.25) is 0 Å². The van der Waals surface area contributed by atoms with Crippen molar-refractivity contribution in [1.82, 2.24) is 0 Å². The van der Waals surface area contributed by atoms with Gasteiger partial charge in [-0.25, -0.2) is 0 Å². The summed E-state index contributed by atoms with van der Waals surface area (Å²) < 4.78 is 0. The molecule has 132 valence electrons. The van der Waals surface area contributed by atoms with Crippen molar-refractivity contribution in [3.8, 4) is 0 Å². The van der Waals surface area contributed by atoms with Gasteiger partial charge in [0.15, 0.2) is 0 Å². The maximum atomic E-state index is 10.8. The lowest BCUT2D eigenvalue weighted by molar-refractivity contribution is -0.134. The fourth-order valence-corrected chi connectivity index (χ4v) is 7.56. The van der Waals surface area contributed by atoms with Gasteiger partial charge < -0.3 is 15.3 Å². The average Bonchev–Trinajstić information content (AvgIpc) is 2.79. The predicted octanol–water partition coefficient (Wildman–Crippen LogP) is 2.97. The number of hydrogen-bond donors (Lipinski definition) is 3. The molecule has 0 bridgehead atoms.